The van der Waals surface area contributed by atoms with Crippen LogP contribution in [0.25, 0.3) is 0 Å². The van der Waals surface area contributed by atoms with Crippen molar-refractivity contribution in [1.29, 1.82) is 0 Å². The number of rotatable bonds is 19. The maximum Gasteiger partial charge on any atom is 0.119 e. The first-order valence-electron chi connectivity index (χ1n) is 12.9. The van der Waals surface area contributed by atoms with Crippen LogP contribution in [0.5, 0.6) is 11.5 Å². The standard InChI is InChI=1S/C28H44N2O2/c1-3-5-7-19-29-23-25-11-15-27(16-12-25)31-21-9-10-22-32-28-17-13-26(14-18-28)24-30-20-8-6-4-2/h11-18,29-30H,3-10,19-24H2,1-2H3/p+2. The quantitative estimate of drug-likeness (QED) is 0.316. The van der Waals surface area contributed by atoms with Gasteiger partial charge >= 0.3 is 0 Å². The maximum atomic E-state index is 5.88. The van der Waals surface area contributed by atoms with Gasteiger partial charge < -0.3 is 20.1 Å². The summed E-state index contributed by atoms with van der Waals surface area (Å²) >= 11 is 0. The van der Waals surface area contributed by atoms with Crippen molar-refractivity contribution < 1.29 is 20.1 Å². The van der Waals surface area contributed by atoms with E-state index in [-0.39, 0.29) is 0 Å². The Morgan fingerprint density at radius 1 is 0.531 bits per heavy atom. The van der Waals surface area contributed by atoms with Crippen molar-refractivity contribution in [3.8, 4) is 11.5 Å². The second kappa shape index (κ2) is 17.5. The Morgan fingerprint density at radius 3 is 1.31 bits per heavy atom. The lowest BCUT2D eigenvalue weighted by Gasteiger charge is -2.09. The summed E-state index contributed by atoms with van der Waals surface area (Å²) in [4.78, 5) is 0. The van der Waals surface area contributed by atoms with Crippen molar-refractivity contribution in [2.24, 2.45) is 0 Å². The van der Waals surface area contributed by atoms with Gasteiger partial charge in [-0.15, -0.1) is 0 Å². The van der Waals surface area contributed by atoms with Gasteiger partial charge in [-0.25, -0.2) is 0 Å². The van der Waals surface area contributed by atoms with Crippen molar-refractivity contribution in [2.45, 2.75) is 78.3 Å². The molecule has 0 radical (unpaired) electrons. The van der Waals surface area contributed by atoms with Crippen LogP contribution < -0.4 is 20.1 Å². The van der Waals surface area contributed by atoms with Crippen molar-refractivity contribution in [2.75, 3.05) is 26.3 Å². The van der Waals surface area contributed by atoms with Crippen molar-refractivity contribution in [3.63, 3.8) is 0 Å². The zero-order valence-electron chi connectivity index (χ0n) is 20.5. The molecule has 0 aliphatic heterocycles. The molecule has 2 aromatic rings. The third kappa shape index (κ3) is 12.1. The molecule has 0 atom stereocenters. The summed E-state index contributed by atoms with van der Waals surface area (Å²) < 4.78 is 11.8. The molecule has 0 heterocycles. The summed E-state index contributed by atoms with van der Waals surface area (Å²) in [7, 11) is 0. The number of quaternary nitrogens is 2. The lowest BCUT2D eigenvalue weighted by Crippen LogP contribution is -2.82. The fourth-order valence-corrected chi connectivity index (χ4v) is 3.64. The van der Waals surface area contributed by atoms with Crippen molar-refractivity contribution in [3.05, 3.63) is 59.7 Å². The van der Waals surface area contributed by atoms with E-state index in [1.165, 1.54) is 62.7 Å². The summed E-state index contributed by atoms with van der Waals surface area (Å²) in [5, 5.41) is 4.79. The summed E-state index contributed by atoms with van der Waals surface area (Å²) in [6.07, 6.45) is 9.86. The molecule has 0 unspecified atom stereocenters. The molecule has 0 aliphatic rings. The number of hydrogen-bond acceptors (Lipinski definition) is 2. The number of benzene rings is 2. The van der Waals surface area contributed by atoms with Crippen molar-refractivity contribution in [1.82, 2.24) is 0 Å². The second-order valence-electron chi connectivity index (χ2n) is 8.67. The molecule has 0 bridgehead atoms. The first-order valence-corrected chi connectivity index (χ1v) is 12.9. The molecule has 0 aromatic heterocycles. The van der Waals surface area contributed by atoms with E-state index in [1.54, 1.807) is 0 Å². The topological polar surface area (TPSA) is 51.7 Å². The molecule has 0 aliphatic carbocycles. The molecule has 0 fully saturated rings. The molecular weight excluding hydrogens is 396 g/mol. The highest BCUT2D eigenvalue weighted by atomic mass is 16.5. The maximum absolute atomic E-state index is 5.88. The monoisotopic (exact) mass is 442 g/mol. The van der Waals surface area contributed by atoms with Crippen LogP contribution in [-0.4, -0.2) is 26.3 Å². The van der Waals surface area contributed by atoms with E-state index in [0.29, 0.717) is 0 Å². The van der Waals surface area contributed by atoms with Crippen LogP contribution in [0.3, 0.4) is 0 Å². The molecule has 0 saturated carbocycles. The van der Waals surface area contributed by atoms with Gasteiger partial charge in [-0.3, -0.25) is 0 Å². The van der Waals surface area contributed by atoms with Gasteiger partial charge in [0.1, 0.15) is 24.6 Å². The molecule has 2 rings (SSSR count). The van der Waals surface area contributed by atoms with Gasteiger partial charge in [-0.2, -0.15) is 0 Å². The zero-order chi connectivity index (χ0) is 22.7. The van der Waals surface area contributed by atoms with Gasteiger partial charge in [-0.05, 0) is 87.1 Å². The highest BCUT2D eigenvalue weighted by Gasteiger charge is 2.00. The van der Waals surface area contributed by atoms with Gasteiger partial charge in [0.15, 0.2) is 0 Å². The zero-order valence-corrected chi connectivity index (χ0v) is 20.5. The first-order chi connectivity index (χ1) is 15.8. The van der Waals surface area contributed by atoms with Crippen LogP contribution in [0, 0.1) is 0 Å². The van der Waals surface area contributed by atoms with Crippen LogP contribution >= 0.6 is 0 Å². The molecule has 4 N–H and O–H groups in total. The summed E-state index contributed by atoms with van der Waals surface area (Å²) in [5.74, 6) is 1.92. The Hall–Kier alpha value is -2.04. The molecule has 178 valence electrons. The van der Waals surface area contributed by atoms with Gasteiger partial charge in [0.25, 0.3) is 0 Å². The minimum atomic E-state index is 0.735. The van der Waals surface area contributed by atoms with Gasteiger partial charge in [0, 0.05) is 11.1 Å². The molecule has 0 amide bonds. The van der Waals surface area contributed by atoms with E-state index in [2.05, 4.69) is 73.0 Å². The highest BCUT2D eigenvalue weighted by Crippen LogP contribution is 2.14. The fraction of sp³-hybridized carbons (Fsp3) is 0.571. The Bertz CT molecular complexity index is 624. The number of ether oxygens (including phenoxy) is 2. The summed E-state index contributed by atoms with van der Waals surface area (Å²) in [6.45, 7) is 10.5. The predicted octanol–water partition coefficient (Wildman–Crippen LogP) is 4.43. The lowest BCUT2D eigenvalue weighted by atomic mass is 10.2. The Balaban J connectivity index is 1.50. The molecule has 32 heavy (non-hydrogen) atoms. The van der Waals surface area contributed by atoms with Crippen LogP contribution in [0.15, 0.2) is 48.5 Å². The van der Waals surface area contributed by atoms with E-state index < -0.39 is 0 Å². The van der Waals surface area contributed by atoms with E-state index in [4.69, 9.17) is 9.47 Å². The molecule has 4 nitrogen and oxygen atoms in total. The predicted molar refractivity (Wildman–Crippen MR) is 133 cm³/mol. The van der Waals surface area contributed by atoms with E-state index >= 15 is 0 Å². The second-order valence-corrected chi connectivity index (χ2v) is 8.67. The van der Waals surface area contributed by atoms with Crippen LogP contribution in [0.2, 0.25) is 0 Å². The third-order valence-electron chi connectivity index (χ3n) is 5.71. The number of unbranched alkanes of at least 4 members (excludes halogenated alkanes) is 5. The van der Waals surface area contributed by atoms with E-state index in [9.17, 15) is 0 Å². The minimum absolute atomic E-state index is 0.735. The summed E-state index contributed by atoms with van der Waals surface area (Å²) in [6, 6.07) is 17.1. The van der Waals surface area contributed by atoms with Crippen LogP contribution in [-0.2, 0) is 13.1 Å². The fourth-order valence-electron chi connectivity index (χ4n) is 3.64. The molecule has 0 spiro atoms. The van der Waals surface area contributed by atoms with Gasteiger partial charge in [-0.1, -0.05) is 26.7 Å². The van der Waals surface area contributed by atoms with E-state index in [1.807, 2.05) is 0 Å². The normalized spacial score (nSPS) is 10.9. The average molecular weight is 443 g/mol. The highest BCUT2D eigenvalue weighted by molar-refractivity contribution is 5.27. The number of nitrogens with two attached hydrogens (primary N) is 2. The third-order valence-corrected chi connectivity index (χ3v) is 5.71. The molecular formula is C28H46N2O2+2. The average Bonchev–Trinajstić information content (AvgIpc) is 2.83. The largest absolute Gasteiger partial charge is 0.494 e. The lowest BCUT2D eigenvalue weighted by molar-refractivity contribution is -0.671. The van der Waals surface area contributed by atoms with Crippen LogP contribution in [0.4, 0.5) is 0 Å². The SMILES string of the molecule is CCCCC[NH2+]Cc1ccc(OCCCCOc2ccc(C[NH2+]CCCCC)cc2)cc1. The summed E-state index contributed by atoms with van der Waals surface area (Å²) in [5.41, 5.74) is 2.73. The minimum Gasteiger partial charge on any atom is -0.494 e. The van der Waals surface area contributed by atoms with Crippen LogP contribution in [0.1, 0.15) is 76.3 Å². The Labute approximate surface area is 196 Å². The molecule has 0 saturated heterocycles. The van der Waals surface area contributed by atoms with Crippen molar-refractivity contribution >= 4 is 0 Å². The van der Waals surface area contributed by atoms with E-state index in [0.717, 1.165) is 50.6 Å². The smallest absolute Gasteiger partial charge is 0.119 e. The van der Waals surface area contributed by atoms with Gasteiger partial charge in [0.2, 0.25) is 0 Å². The molecule has 4 heteroatoms. The Morgan fingerprint density at radius 2 is 0.938 bits per heavy atom. The first kappa shape index (κ1) is 26.2. The van der Waals surface area contributed by atoms with Gasteiger partial charge in [0.05, 0.1) is 26.3 Å². The Kier molecular flexibility index (Phi) is 14.3. The number of hydrogen-bond donors (Lipinski definition) is 2. The molecule has 2 aromatic carbocycles.